The van der Waals surface area contributed by atoms with Crippen LogP contribution in [-0.2, 0) is 54.1 Å². The molecule has 0 saturated carbocycles. The molecule has 8 nitrogen and oxygen atoms in total. The molecule has 20 rings (SSSR count). The SMILES string of the molecule is CC(C)(C)c1ccc2c(c1)c1cc(C(C)(C)C)ccc1n2-c1ccc2c(c1)N(c1c(-c3cc(C(C)(C)C)nc(C(C)(C)C)c3)cccc1-c1cc(C(C)(C)C)nc(C(C)(C)C)c1)c1cc(-c3cc(-c4ccccc4)cc(-c4ccccc4)c3)cc3c1B2c1ccc(-n2c4ccc(C(C)(C)C)cc4c4cc(C(C)(C)C)ccc42)cc1N3c1c(-c2cccc(C(C)(C)C)n2)cccc1-c1cccc(C(C)(C)C)n1. The second-order valence-corrected chi connectivity index (χ2v) is 50.6. The van der Waals surface area contributed by atoms with E-state index < -0.39 is 6.71 Å². The van der Waals surface area contributed by atoms with Crippen LogP contribution in [0, 0.1) is 0 Å². The summed E-state index contributed by atoms with van der Waals surface area (Å²) in [7, 11) is 0. The predicted octanol–water partition coefficient (Wildman–Crippen LogP) is 34.2. The molecule has 6 aromatic heterocycles. The minimum atomic E-state index is -0.429. The fourth-order valence-electron chi connectivity index (χ4n) is 21.1. The van der Waals surface area contributed by atoms with E-state index in [0.717, 1.165) is 196 Å². The van der Waals surface area contributed by atoms with Crippen LogP contribution in [0.3, 0.4) is 0 Å². The van der Waals surface area contributed by atoms with Gasteiger partial charge in [0.15, 0.2) is 0 Å². The summed E-state index contributed by atoms with van der Waals surface area (Å²) in [6.07, 6.45) is 0. The first-order valence-electron chi connectivity index (χ1n) is 51.0. The smallest absolute Gasteiger partial charge is 0.252 e. The molecule has 0 spiro atoms. The summed E-state index contributed by atoms with van der Waals surface area (Å²) in [5.74, 6) is 0. The second-order valence-electron chi connectivity index (χ2n) is 50.6. The van der Waals surface area contributed by atoms with Crippen molar-refractivity contribution < 1.29 is 0 Å². The van der Waals surface area contributed by atoms with Crippen LogP contribution in [-0.4, -0.2) is 35.8 Å². The standard InChI is InChI=1S/C132H139BN8/c1-123(2,3)88-53-61-106-98(74-88)99-75-89(124(4,5)6)54-62-107(99)138(106)92-57-59-102-110(78-92)140(121-94(86-70-116(129(19,20)21)136-117(71-86)130(22,23)24)45-37-46-95(121)87-72-118(131(25,26)27)137-119(73-87)132(28,29)30)112-68-85(84-66-82(80-41-33-31-34-42-80)65-83(67-84)81-43-35-32-36-44-81)69-113-120(112)133(102)103-60-58-93(139-108-63-55-90(125(7,8)9)76-100(108)101-77-91(126(10,11)12)56-64-109(101)139)79-111(103)141(113)122-96(104-49-39-51-114(134-104)127(13,14)15)47-38-48-97(122)105-50-40-52-115(135-105)128(16,17)18/h31-79H,1-30H3. The highest BCUT2D eigenvalue weighted by atomic mass is 15.2. The monoisotopic (exact) mass is 1850 g/mol. The Morgan fingerprint density at radius 2 is 0.482 bits per heavy atom. The Kier molecular flexibility index (Phi) is 22.7. The van der Waals surface area contributed by atoms with Crippen molar-refractivity contribution in [2.75, 3.05) is 9.80 Å². The summed E-state index contributed by atoms with van der Waals surface area (Å²) in [4.78, 5) is 28.8. The van der Waals surface area contributed by atoms with E-state index in [4.69, 9.17) is 19.9 Å². The Labute approximate surface area is 839 Å². The molecule has 0 bridgehead atoms. The van der Waals surface area contributed by atoms with Crippen LogP contribution in [0.25, 0.3) is 133 Å². The van der Waals surface area contributed by atoms with E-state index >= 15 is 0 Å². The van der Waals surface area contributed by atoms with E-state index in [-0.39, 0.29) is 54.1 Å². The number of para-hydroxylation sites is 2. The summed E-state index contributed by atoms with van der Waals surface area (Å²) in [5, 5.41) is 4.91. The zero-order valence-electron chi connectivity index (χ0n) is 88.9. The first kappa shape index (κ1) is 95.1. The third-order valence-corrected chi connectivity index (χ3v) is 29.5. The van der Waals surface area contributed by atoms with Gasteiger partial charge < -0.3 is 18.9 Å². The minimum absolute atomic E-state index is 0.123. The van der Waals surface area contributed by atoms with Gasteiger partial charge in [-0.2, -0.15) is 0 Å². The molecule has 0 aliphatic carbocycles. The lowest BCUT2D eigenvalue weighted by Crippen LogP contribution is -2.61. The lowest BCUT2D eigenvalue weighted by Gasteiger charge is -2.46. The molecule has 710 valence electrons. The highest BCUT2D eigenvalue weighted by Gasteiger charge is 2.47. The summed E-state index contributed by atoms with van der Waals surface area (Å²) < 4.78 is 5.16. The Morgan fingerprint density at radius 1 is 0.199 bits per heavy atom. The van der Waals surface area contributed by atoms with Crippen LogP contribution in [0.4, 0.5) is 34.1 Å². The topological polar surface area (TPSA) is 67.9 Å². The van der Waals surface area contributed by atoms with Crippen LogP contribution in [0.1, 0.15) is 264 Å². The van der Waals surface area contributed by atoms with Crippen LogP contribution < -0.4 is 26.2 Å². The molecule has 8 heterocycles. The molecule has 0 saturated heterocycles. The van der Waals surface area contributed by atoms with Gasteiger partial charge in [-0.05, 0) is 256 Å². The third kappa shape index (κ3) is 17.3. The molecule has 9 heteroatoms. The molecule has 0 fully saturated rings. The maximum Gasteiger partial charge on any atom is 0.252 e. The number of hydrogen-bond donors (Lipinski definition) is 0. The first-order valence-corrected chi connectivity index (χ1v) is 51.0. The number of benzene rings is 12. The molecule has 0 radical (unpaired) electrons. The van der Waals surface area contributed by atoms with Gasteiger partial charge in [-0.1, -0.05) is 353 Å². The van der Waals surface area contributed by atoms with Crippen molar-refractivity contribution in [2.45, 2.75) is 262 Å². The van der Waals surface area contributed by atoms with Gasteiger partial charge in [0.25, 0.3) is 6.71 Å². The van der Waals surface area contributed by atoms with Crippen LogP contribution in [0.15, 0.2) is 297 Å². The van der Waals surface area contributed by atoms with E-state index in [9.17, 15) is 0 Å². The van der Waals surface area contributed by atoms with Crippen molar-refractivity contribution in [2.24, 2.45) is 0 Å². The van der Waals surface area contributed by atoms with Crippen molar-refractivity contribution in [1.82, 2.24) is 29.1 Å². The minimum Gasteiger partial charge on any atom is -0.310 e. The maximum absolute atomic E-state index is 5.92. The zero-order chi connectivity index (χ0) is 100. The summed E-state index contributed by atoms with van der Waals surface area (Å²) in [6.45, 7) is 69.2. The van der Waals surface area contributed by atoms with Crippen LogP contribution >= 0.6 is 0 Å². The van der Waals surface area contributed by atoms with Gasteiger partial charge in [0.2, 0.25) is 0 Å². The lowest BCUT2D eigenvalue weighted by molar-refractivity contribution is 0.531. The van der Waals surface area contributed by atoms with Crippen LogP contribution in [0.2, 0.25) is 0 Å². The van der Waals surface area contributed by atoms with Gasteiger partial charge in [-0.15, -0.1) is 0 Å². The molecule has 0 amide bonds. The van der Waals surface area contributed by atoms with E-state index in [1.165, 1.54) is 43.8 Å². The second kappa shape index (κ2) is 33.6. The van der Waals surface area contributed by atoms with E-state index in [1.54, 1.807) is 0 Å². The Morgan fingerprint density at radius 3 is 0.787 bits per heavy atom. The molecule has 18 aromatic rings. The molecule has 0 N–H and O–H groups in total. The van der Waals surface area contributed by atoms with Crippen molar-refractivity contribution in [1.29, 1.82) is 0 Å². The largest absolute Gasteiger partial charge is 0.310 e. The van der Waals surface area contributed by atoms with Crippen LogP contribution in [0.5, 0.6) is 0 Å². The van der Waals surface area contributed by atoms with Crippen molar-refractivity contribution >= 4 is 101 Å². The number of rotatable bonds is 11. The first-order chi connectivity index (χ1) is 66.2. The molecule has 2 aliphatic heterocycles. The summed E-state index contributed by atoms with van der Waals surface area (Å²) >= 11 is 0. The predicted molar refractivity (Wildman–Crippen MR) is 605 cm³/mol. The van der Waals surface area contributed by atoms with Gasteiger partial charge in [0.1, 0.15) is 0 Å². The van der Waals surface area contributed by atoms with Crippen molar-refractivity contribution in [3.63, 3.8) is 0 Å². The Hall–Kier alpha value is -13.5. The number of fused-ring (bicyclic) bond motifs is 10. The molecule has 12 aromatic carbocycles. The van der Waals surface area contributed by atoms with Gasteiger partial charge in [0.05, 0.1) is 44.8 Å². The molecular formula is C132H139BN8. The third-order valence-electron chi connectivity index (χ3n) is 29.5. The quantitative estimate of drug-likeness (QED) is 0.120. The highest BCUT2D eigenvalue weighted by Crippen LogP contribution is 2.57. The van der Waals surface area contributed by atoms with E-state index in [0.29, 0.717) is 0 Å². The summed E-state index contributed by atoms with van der Waals surface area (Å²) in [6, 6.07) is 116. The molecule has 2 aliphatic rings. The molecular weight excluding hydrogens is 1710 g/mol. The number of anilines is 6. The summed E-state index contributed by atoms with van der Waals surface area (Å²) in [5.41, 5.74) is 39.6. The molecule has 0 atom stereocenters. The van der Waals surface area contributed by atoms with Crippen molar-refractivity contribution in [3.05, 3.63) is 354 Å². The van der Waals surface area contributed by atoms with Crippen molar-refractivity contribution in [3.8, 4) is 89.5 Å². The number of nitrogens with zero attached hydrogens (tertiary/aromatic N) is 8. The normalized spacial score (nSPS) is 13.6. The van der Waals surface area contributed by atoms with Gasteiger partial charge >= 0.3 is 0 Å². The fourth-order valence-corrected chi connectivity index (χ4v) is 21.1. The number of hydrogen-bond acceptors (Lipinski definition) is 6. The zero-order valence-corrected chi connectivity index (χ0v) is 88.9. The molecule has 141 heavy (non-hydrogen) atoms. The lowest BCUT2D eigenvalue weighted by atomic mass is 9.33. The average Bonchev–Trinajstić information content (AvgIpc) is 1.59. The highest BCUT2D eigenvalue weighted by molar-refractivity contribution is 7.00. The van der Waals surface area contributed by atoms with E-state index in [1.807, 2.05) is 0 Å². The molecule has 0 unspecified atom stereocenters. The van der Waals surface area contributed by atoms with Gasteiger partial charge in [0, 0.05) is 145 Å². The fraction of sp³-hybridized carbons (Fsp3) is 0.303. The van der Waals surface area contributed by atoms with Gasteiger partial charge in [-0.25, -0.2) is 0 Å². The average molecular weight is 1850 g/mol. The Bertz CT molecular complexity index is 7630. The van der Waals surface area contributed by atoms with E-state index in [2.05, 4.69) is 524 Å². The van der Waals surface area contributed by atoms with Gasteiger partial charge in [-0.3, -0.25) is 19.9 Å². The number of pyridine rings is 4. The Balaban J connectivity index is 1.03. The maximum atomic E-state index is 5.92. The number of aromatic nitrogens is 6.